The molecule has 0 atom stereocenters. The molecule has 1 N–H and O–H groups in total. The predicted octanol–water partition coefficient (Wildman–Crippen LogP) is 2.29. The summed E-state index contributed by atoms with van der Waals surface area (Å²) in [5.41, 5.74) is 1.21. The molecule has 6 heteroatoms. The van der Waals surface area contributed by atoms with Crippen LogP contribution < -0.4 is 10.3 Å². The van der Waals surface area contributed by atoms with Crippen molar-refractivity contribution >= 4 is 21.9 Å². The summed E-state index contributed by atoms with van der Waals surface area (Å²) in [5.74, 6) is -0.420. The van der Waals surface area contributed by atoms with Crippen molar-refractivity contribution in [3.63, 3.8) is 0 Å². The van der Waals surface area contributed by atoms with Gasteiger partial charge in [0.2, 0.25) is 0 Å². The molecule has 1 aliphatic heterocycles. The van der Waals surface area contributed by atoms with Crippen LogP contribution >= 0.6 is 15.9 Å². The fourth-order valence-corrected chi connectivity index (χ4v) is 3.02. The lowest BCUT2D eigenvalue weighted by Gasteiger charge is -2.11. The molecule has 0 unspecified atom stereocenters. The molecule has 1 aliphatic rings. The number of fused-ring (bicyclic) bond motifs is 1. The van der Waals surface area contributed by atoms with E-state index in [1.54, 1.807) is 12.3 Å². The van der Waals surface area contributed by atoms with Crippen molar-refractivity contribution in [1.29, 1.82) is 0 Å². The first kappa shape index (κ1) is 13.9. The number of aromatic carboxylic acids is 1. The van der Waals surface area contributed by atoms with Gasteiger partial charge >= 0.3 is 5.97 Å². The van der Waals surface area contributed by atoms with E-state index in [1.165, 1.54) is 10.6 Å². The maximum Gasteiger partial charge on any atom is 0.341 e. The summed E-state index contributed by atoms with van der Waals surface area (Å²) in [7, 11) is 0. The van der Waals surface area contributed by atoms with Gasteiger partial charge in [0.05, 0.1) is 13.2 Å². The van der Waals surface area contributed by atoms with Crippen molar-refractivity contribution in [2.45, 2.75) is 13.0 Å². The first-order valence-corrected chi connectivity index (χ1v) is 7.22. The predicted molar refractivity (Wildman–Crippen MR) is 80.1 cm³/mol. The van der Waals surface area contributed by atoms with E-state index in [-0.39, 0.29) is 12.1 Å². The molecular formula is C15H12BrNO4. The Morgan fingerprint density at radius 1 is 1.43 bits per heavy atom. The number of hydrogen-bond acceptors (Lipinski definition) is 3. The van der Waals surface area contributed by atoms with E-state index in [2.05, 4.69) is 15.9 Å². The third kappa shape index (κ3) is 2.58. The molecule has 5 nitrogen and oxygen atoms in total. The molecule has 0 radical (unpaired) electrons. The average molecular weight is 350 g/mol. The molecule has 108 valence electrons. The van der Waals surface area contributed by atoms with Crippen LogP contribution in [0.4, 0.5) is 0 Å². The molecule has 2 aromatic rings. The SMILES string of the molecule is O=C(O)c1cccn(Cc2cc(Br)cc3c2OCC3)c1=O. The molecule has 3 rings (SSSR count). The van der Waals surface area contributed by atoms with Crippen molar-refractivity contribution in [2.24, 2.45) is 0 Å². The number of hydrogen-bond donors (Lipinski definition) is 1. The Hall–Kier alpha value is -2.08. The summed E-state index contributed by atoms with van der Waals surface area (Å²) < 4.78 is 7.92. The molecular weight excluding hydrogens is 338 g/mol. The summed E-state index contributed by atoms with van der Waals surface area (Å²) in [6, 6.07) is 6.76. The lowest BCUT2D eigenvalue weighted by Crippen LogP contribution is -2.26. The maximum atomic E-state index is 12.1. The van der Waals surface area contributed by atoms with Crippen molar-refractivity contribution in [1.82, 2.24) is 4.57 Å². The number of carboxylic acids is 1. The monoisotopic (exact) mass is 349 g/mol. The van der Waals surface area contributed by atoms with Gasteiger partial charge in [-0.05, 0) is 29.8 Å². The zero-order valence-electron chi connectivity index (χ0n) is 11.0. The van der Waals surface area contributed by atoms with Crippen LogP contribution in [-0.2, 0) is 13.0 Å². The first-order valence-electron chi connectivity index (χ1n) is 6.43. The van der Waals surface area contributed by atoms with Gasteiger partial charge < -0.3 is 14.4 Å². The first-order chi connectivity index (χ1) is 10.1. The van der Waals surface area contributed by atoms with Crippen molar-refractivity contribution in [3.8, 4) is 5.75 Å². The fraction of sp³-hybridized carbons (Fsp3) is 0.200. The minimum absolute atomic E-state index is 0.231. The second-order valence-corrected chi connectivity index (χ2v) is 5.73. The Morgan fingerprint density at radius 3 is 3.00 bits per heavy atom. The molecule has 0 saturated carbocycles. The van der Waals surface area contributed by atoms with Gasteiger partial charge in [-0.2, -0.15) is 0 Å². The highest BCUT2D eigenvalue weighted by Gasteiger charge is 2.18. The number of rotatable bonds is 3. The molecule has 0 spiro atoms. The Bertz CT molecular complexity index is 782. The van der Waals surface area contributed by atoms with Gasteiger partial charge in [0.25, 0.3) is 5.56 Å². The smallest absolute Gasteiger partial charge is 0.341 e. The number of halogens is 1. The summed E-state index contributed by atoms with van der Waals surface area (Å²) in [4.78, 5) is 23.2. The maximum absolute atomic E-state index is 12.1. The topological polar surface area (TPSA) is 68.5 Å². The van der Waals surface area contributed by atoms with Crippen LogP contribution in [0.15, 0.2) is 39.7 Å². The van der Waals surface area contributed by atoms with Gasteiger partial charge in [-0.15, -0.1) is 0 Å². The minimum atomic E-state index is -1.22. The van der Waals surface area contributed by atoms with E-state index in [4.69, 9.17) is 9.84 Å². The Labute approximate surface area is 128 Å². The second kappa shape index (κ2) is 5.37. The number of benzene rings is 1. The molecule has 0 aliphatic carbocycles. The molecule has 0 fully saturated rings. The number of nitrogens with zero attached hydrogens (tertiary/aromatic N) is 1. The van der Waals surface area contributed by atoms with Crippen LogP contribution in [-0.4, -0.2) is 22.2 Å². The van der Waals surface area contributed by atoms with Crippen molar-refractivity contribution in [2.75, 3.05) is 6.61 Å². The van der Waals surface area contributed by atoms with Gasteiger partial charge in [-0.25, -0.2) is 4.79 Å². The van der Waals surface area contributed by atoms with Crippen LogP contribution in [0, 0.1) is 0 Å². The summed E-state index contributed by atoms with van der Waals surface area (Å²) in [6.45, 7) is 0.907. The zero-order valence-corrected chi connectivity index (χ0v) is 12.6. The van der Waals surface area contributed by atoms with Crippen LogP contribution in [0.1, 0.15) is 21.5 Å². The van der Waals surface area contributed by atoms with E-state index in [9.17, 15) is 9.59 Å². The lowest BCUT2D eigenvalue weighted by atomic mass is 10.1. The highest BCUT2D eigenvalue weighted by atomic mass is 79.9. The molecule has 0 saturated heterocycles. The quantitative estimate of drug-likeness (QED) is 0.922. The van der Waals surface area contributed by atoms with E-state index in [0.29, 0.717) is 6.61 Å². The van der Waals surface area contributed by atoms with E-state index < -0.39 is 11.5 Å². The average Bonchev–Trinajstić information content (AvgIpc) is 2.88. The summed E-state index contributed by atoms with van der Waals surface area (Å²) in [6.07, 6.45) is 2.42. The van der Waals surface area contributed by atoms with Crippen LogP contribution in [0.3, 0.4) is 0 Å². The Kier molecular flexibility index (Phi) is 3.55. The van der Waals surface area contributed by atoms with Gasteiger partial charge in [-0.3, -0.25) is 4.79 Å². The number of aromatic nitrogens is 1. The zero-order chi connectivity index (χ0) is 15.0. The van der Waals surface area contributed by atoms with Crippen LogP contribution in [0.2, 0.25) is 0 Å². The van der Waals surface area contributed by atoms with Gasteiger partial charge in [0.1, 0.15) is 11.3 Å². The van der Waals surface area contributed by atoms with Crippen LogP contribution in [0.5, 0.6) is 5.75 Å². The largest absolute Gasteiger partial charge is 0.493 e. The van der Waals surface area contributed by atoms with Gasteiger partial charge in [0.15, 0.2) is 0 Å². The molecule has 1 aromatic heterocycles. The number of ether oxygens (including phenoxy) is 1. The summed E-state index contributed by atoms with van der Waals surface area (Å²) in [5, 5.41) is 9.01. The molecule has 21 heavy (non-hydrogen) atoms. The lowest BCUT2D eigenvalue weighted by molar-refractivity contribution is 0.0694. The summed E-state index contributed by atoms with van der Waals surface area (Å²) >= 11 is 3.45. The molecule has 0 bridgehead atoms. The minimum Gasteiger partial charge on any atom is -0.493 e. The third-order valence-electron chi connectivity index (χ3n) is 3.42. The standard InChI is InChI=1S/C15H12BrNO4/c16-11-6-9-3-5-21-13(9)10(7-11)8-17-4-1-2-12(14(17)18)15(19)20/h1-2,4,6-7H,3,5,8H2,(H,19,20). The molecule has 0 amide bonds. The van der Waals surface area contributed by atoms with E-state index in [0.717, 1.165) is 27.8 Å². The molecule has 1 aromatic carbocycles. The van der Waals surface area contributed by atoms with Gasteiger partial charge in [0, 0.05) is 22.7 Å². The van der Waals surface area contributed by atoms with E-state index in [1.807, 2.05) is 12.1 Å². The van der Waals surface area contributed by atoms with Crippen LogP contribution in [0.25, 0.3) is 0 Å². The van der Waals surface area contributed by atoms with Crippen molar-refractivity contribution < 1.29 is 14.6 Å². The van der Waals surface area contributed by atoms with Crippen molar-refractivity contribution in [3.05, 3.63) is 62.0 Å². The highest BCUT2D eigenvalue weighted by molar-refractivity contribution is 9.10. The highest BCUT2D eigenvalue weighted by Crippen LogP contribution is 2.33. The second-order valence-electron chi connectivity index (χ2n) is 4.81. The normalized spacial score (nSPS) is 12.8. The number of pyridine rings is 1. The Morgan fingerprint density at radius 2 is 2.24 bits per heavy atom. The number of carbonyl (C=O) groups is 1. The molecule has 2 heterocycles. The Balaban J connectivity index is 2.04. The fourth-order valence-electron chi connectivity index (χ4n) is 2.47. The number of carboxylic acid groups (broad SMARTS) is 1. The van der Waals surface area contributed by atoms with E-state index >= 15 is 0 Å². The van der Waals surface area contributed by atoms with Gasteiger partial charge in [-0.1, -0.05) is 15.9 Å². The third-order valence-corrected chi connectivity index (χ3v) is 3.87.